The molecule has 1 aliphatic rings. The van der Waals surface area contributed by atoms with Crippen molar-refractivity contribution in [3.05, 3.63) is 23.8 Å². The lowest BCUT2D eigenvalue weighted by molar-refractivity contribution is 0.0942. The molecule has 19 heavy (non-hydrogen) atoms. The molecule has 1 aromatic rings. The van der Waals surface area contributed by atoms with Gasteiger partial charge in [0.25, 0.3) is 0 Å². The van der Waals surface area contributed by atoms with Crippen molar-refractivity contribution in [3.8, 4) is 11.5 Å². The number of Topliss-reactive ketones (excluding diaryl/α,β-unsaturated/α-hetero) is 1. The Morgan fingerprint density at radius 1 is 1.32 bits per heavy atom. The summed E-state index contributed by atoms with van der Waals surface area (Å²) >= 11 is 0. The van der Waals surface area contributed by atoms with E-state index in [1.807, 2.05) is 0 Å². The van der Waals surface area contributed by atoms with Gasteiger partial charge in [-0.1, -0.05) is 0 Å². The van der Waals surface area contributed by atoms with Gasteiger partial charge in [0.15, 0.2) is 17.3 Å². The second kappa shape index (κ2) is 6.04. The van der Waals surface area contributed by atoms with Gasteiger partial charge in [-0.15, -0.1) is 0 Å². The normalized spacial score (nSPS) is 19.7. The molecule has 1 unspecified atom stereocenters. The number of likely N-dealkylation sites (tertiary alicyclic amines) is 1. The van der Waals surface area contributed by atoms with Crippen molar-refractivity contribution in [2.45, 2.75) is 12.8 Å². The number of hydrogen-bond acceptors (Lipinski definition) is 5. The number of nitrogens with zero attached hydrogens (tertiary/aromatic N) is 1. The number of hydrogen-bond donors (Lipinski definition) is 3. The molecule has 1 aromatic carbocycles. The summed E-state index contributed by atoms with van der Waals surface area (Å²) in [5, 5.41) is 27.5. The molecule has 5 heteroatoms. The van der Waals surface area contributed by atoms with Gasteiger partial charge in [0.05, 0.1) is 6.54 Å². The van der Waals surface area contributed by atoms with E-state index < -0.39 is 0 Å². The molecule has 1 atom stereocenters. The Morgan fingerprint density at radius 3 is 2.79 bits per heavy atom. The van der Waals surface area contributed by atoms with Crippen LogP contribution in [0.25, 0.3) is 0 Å². The molecule has 5 nitrogen and oxygen atoms in total. The zero-order valence-electron chi connectivity index (χ0n) is 10.7. The van der Waals surface area contributed by atoms with Crippen LogP contribution < -0.4 is 0 Å². The highest BCUT2D eigenvalue weighted by Crippen LogP contribution is 2.25. The third-order valence-electron chi connectivity index (χ3n) is 3.57. The van der Waals surface area contributed by atoms with Crippen LogP contribution in [0.3, 0.4) is 0 Å². The molecule has 0 aliphatic carbocycles. The fraction of sp³-hybridized carbons (Fsp3) is 0.500. The van der Waals surface area contributed by atoms with Crippen molar-refractivity contribution < 1.29 is 20.1 Å². The molecule has 0 amide bonds. The van der Waals surface area contributed by atoms with Crippen molar-refractivity contribution in [2.24, 2.45) is 5.92 Å². The van der Waals surface area contributed by atoms with Crippen LogP contribution in [0.5, 0.6) is 11.5 Å². The van der Waals surface area contributed by atoms with Gasteiger partial charge >= 0.3 is 0 Å². The number of phenolic OH excluding ortho intramolecular Hbond substituents is 2. The summed E-state index contributed by atoms with van der Waals surface area (Å²) in [4.78, 5) is 14.1. The van der Waals surface area contributed by atoms with Crippen molar-refractivity contribution in [1.82, 2.24) is 4.90 Å². The maximum Gasteiger partial charge on any atom is 0.176 e. The summed E-state index contributed by atoms with van der Waals surface area (Å²) in [6.07, 6.45) is 1.79. The Kier molecular flexibility index (Phi) is 4.39. The molecule has 1 aliphatic heterocycles. The van der Waals surface area contributed by atoms with Crippen molar-refractivity contribution in [2.75, 3.05) is 26.2 Å². The van der Waals surface area contributed by atoms with Crippen LogP contribution in [0, 0.1) is 5.92 Å². The Bertz CT molecular complexity index is 461. The lowest BCUT2D eigenvalue weighted by atomic mass is 10.1. The number of aliphatic hydroxyl groups is 1. The van der Waals surface area contributed by atoms with Crippen LogP contribution >= 0.6 is 0 Å². The fourth-order valence-electron chi connectivity index (χ4n) is 2.47. The molecular formula is C14H19NO4. The van der Waals surface area contributed by atoms with Gasteiger partial charge in [0, 0.05) is 18.7 Å². The molecule has 0 bridgehead atoms. The summed E-state index contributed by atoms with van der Waals surface area (Å²) < 4.78 is 0. The highest BCUT2D eigenvalue weighted by atomic mass is 16.3. The first-order chi connectivity index (χ1) is 9.10. The molecule has 104 valence electrons. The second-order valence-corrected chi connectivity index (χ2v) is 5.03. The lowest BCUT2D eigenvalue weighted by Crippen LogP contribution is -2.28. The second-order valence-electron chi connectivity index (χ2n) is 5.03. The molecule has 1 saturated heterocycles. The van der Waals surface area contributed by atoms with E-state index in [0.29, 0.717) is 18.0 Å². The molecule has 0 spiro atoms. The number of phenols is 2. The van der Waals surface area contributed by atoms with E-state index >= 15 is 0 Å². The number of benzene rings is 1. The zero-order valence-corrected chi connectivity index (χ0v) is 10.7. The number of rotatable bonds is 5. The zero-order chi connectivity index (χ0) is 13.8. The first-order valence-corrected chi connectivity index (χ1v) is 6.48. The SMILES string of the molecule is O=C(CN1CCC(CCO)C1)c1ccc(O)c(O)c1. The van der Waals surface area contributed by atoms with E-state index in [1.165, 1.54) is 18.2 Å². The minimum atomic E-state index is -0.273. The van der Waals surface area contributed by atoms with Crippen LogP contribution in [-0.4, -0.2) is 52.2 Å². The predicted molar refractivity (Wildman–Crippen MR) is 70.4 cm³/mol. The van der Waals surface area contributed by atoms with Gasteiger partial charge in [-0.2, -0.15) is 0 Å². The third-order valence-corrected chi connectivity index (χ3v) is 3.57. The van der Waals surface area contributed by atoms with E-state index in [0.717, 1.165) is 25.9 Å². The minimum Gasteiger partial charge on any atom is -0.504 e. The molecular weight excluding hydrogens is 246 g/mol. The Morgan fingerprint density at radius 2 is 2.11 bits per heavy atom. The van der Waals surface area contributed by atoms with Gasteiger partial charge in [-0.05, 0) is 43.5 Å². The average Bonchev–Trinajstić information content (AvgIpc) is 2.80. The summed E-state index contributed by atoms with van der Waals surface area (Å²) in [6.45, 7) is 2.20. The van der Waals surface area contributed by atoms with Crippen molar-refractivity contribution in [3.63, 3.8) is 0 Å². The van der Waals surface area contributed by atoms with Crippen LogP contribution in [0.4, 0.5) is 0 Å². The largest absolute Gasteiger partial charge is 0.504 e. The topological polar surface area (TPSA) is 81.0 Å². The summed E-state index contributed by atoms with van der Waals surface area (Å²) in [5.41, 5.74) is 0.404. The van der Waals surface area contributed by atoms with Gasteiger partial charge in [-0.3, -0.25) is 9.69 Å². The van der Waals surface area contributed by atoms with E-state index in [1.54, 1.807) is 0 Å². The molecule has 1 fully saturated rings. The van der Waals surface area contributed by atoms with Crippen molar-refractivity contribution in [1.29, 1.82) is 0 Å². The summed E-state index contributed by atoms with van der Waals surface area (Å²) in [5.74, 6) is -0.0999. The number of carbonyl (C=O) groups is 1. The number of aliphatic hydroxyl groups excluding tert-OH is 1. The molecule has 0 radical (unpaired) electrons. The summed E-state index contributed by atoms with van der Waals surface area (Å²) in [6, 6.07) is 4.12. The fourth-order valence-corrected chi connectivity index (χ4v) is 2.47. The van der Waals surface area contributed by atoms with Crippen LogP contribution in [-0.2, 0) is 0 Å². The van der Waals surface area contributed by atoms with Gasteiger partial charge in [-0.25, -0.2) is 0 Å². The van der Waals surface area contributed by atoms with Crippen molar-refractivity contribution >= 4 is 5.78 Å². The Balaban J connectivity index is 1.92. The first kappa shape index (κ1) is 13.8. The summed E-state index contributed by atoms with van der Waals surface area (Å²) in [7, 11) is 0. The van der Waals surface area contributed by atoms with Gasteiger partial charge < -0.3 is 15.3 Å². The maximum atomic E-state index is 12.0. The molecule has 0 saturated carbocycles. The number of aromatic hydroxyl groups is 2. The Labute approximate surface area is 112 Å². The minimum absolute atomic E-state index is 0.0695. The van der Waals surface area contributed by atoms with Crippen LogP contribution in [0.1, 0.15) is 23.2 Å². The number of carbonyl (C=O) groups excluding carboxylic acids is 1. The predicted octanol–water partition coefficient (Wildman–Crippen LogP) is 0.985. The number of ketones is 1. The third kappa shape index (κ3) is 3.45. The maximum absolute atomic E-state index is 12.0. The first-order valence-electron chi connectivity index (χ1n) is 6.48. The quantitative estimate of drug-likeness (QED) is 0.546. The van der Waals surface area contributed by atoms with E-state index in [2.05, 4.69) is 4.90 Å². The van der Waals surface area contributed by atoms with Crippen LogP contribution in [0.15, 0.2) is 18.2 Å². The highest BCUT2D eigenvalue weighted by Gasteiger charge is 2.24. The van der Waals surface area contributed by atoms with Crippen LogP contribution in [0.2, 0.25) is 0 Å². The van der Waals surface area contributed by atoms with Gasteiger partial charge in [0.2, 0.25) is 0 Å². The molecule has 0 aromatic heterocycles. The van der Waals surface area contributed by atoms with E-state index in [-0.39, 0.29) is 23.9 Å². The highest BCUT2D eigenvalue weighted by molar-refractivity contribution is 5.98. The van der Waals surface area contributed by atoms with E-state index in [4.69, 9.17) is 5.11 Å². The Hall–Kier alpha value is -1.59. The molecule has 2 rings (SSSR count). The lowest BCUT2D eigenvalue weighted by Gasteiger charge is -2.15. The monoisotopic (exact) mass is 265 g/mol. The molecule has 1 heterocycles. The van der Waals surface area contributed by atoms with E-state index in [9.17, 15) is 15.0 Å². The van der Waals surface area contributed by atoms with Gasteiger partial charge in [0.1, 0.15) is 0 Å². The smallest absolute Gasteiger partial charge is 0.176 e. The standard InChI is InChI=1S/C14H19NO4/c16-6-4-10-3-5-15(8-10)9-14(19)11-1-2-12(17)13(18)7-11/h1-2,7,10,16-18H,3-6,8-9H2. The average molecular weight is 265 g/mol. The molecule has 3 N–H and O–H groups in total.